The SMILES string of the molecule is O=C(N[C@H]1CCC[C@@H]1c1c(F)cccc1F)c1cccnc1Cl. The second-order valence-corrected chi connectivity index (χ2v) is 5.95. The van der Waals surface area contributed by atoms with E-state index in [9.17, 15) is 13.6 Å². The van der Waals surface area contributed by atoms with Crippen LogP contribution in [0.15, 0.2) is 36.5 Å². The molecule has 1 aromatic heterocycles. The van der Waals surface area contributed by atoms with Crippen molar-refractivity contribution in [3.8, 4) is 0 Å². The quantitative estimate of drug-likeness (QED) is 0.858. The monoisotopic (exact) mass is 336 g/mol. The lowest BCUT2D eigenvalue weighted by atomic mass is 9.93. The predicted molar refractivity (Wildman–Crippen MR) is 83.5 cm³/mol. The zero-order chi connectivity index (χ0) is 16.4. The third kappa shape index (κ3) is 3.20. The first kappa shape index (κ1) is 15.9. The fourth-order valence-corrected chi connectivity index (χ4v) is 3.35. The molecule has 1 aromatic carbocycles. The first-order valence-electron chi connectivity index (χ1n) is 7.43. The number of carbonyl (C=O) groups is 1. The molecule has 0 unspecified atom stereocenters. The van der Waals surface area contributed by atoms with Gasteiger partial charge in [0.25, 0.3) is 5.91 Å². The largest absolute Gasteiger partial charge is 0.349 e. The summed E-state index contributed by atoms with van der Waals surface area (Å²) in [4.78, 5) is 16.2. The molecule has 1 heterocycles. The Bertz CT molecular complexity index is 718. The van der Waals surface area contributed by atoms with E-state index in [0.717, 1.165) is 6.42 Å². The highest BCUT2D eigenvalue weighted by atomic mass is 35.5. The molecule has 1 saturated carbocycles. The number of amides is 1. The lowest BCUT2D eigenvalue weighted by Crippen LogP contribution is -2.37. The number of pyridine rings is 1. The van der Waals surface area contributed by atoms with Crippen LogP contribution in [-0.4, -0.2) is 16.9 Å². The molecule has 3 rings (SSSR count). The minimum absolute atomic E-state index is 0.0487. The minimum atomic E-state index is -0.574. The zero-order valence-corrected chi connectivity index (χ0v) is 13.0. The van der Waals surface area contributed by atoms with Gasteiger partial charge < -0.3 is 5.32 Å². The molecule has 2 atom stereocenters. The molecule has 0 bridgehead atoms. The lowest BCUT2D eigenvalue weighted by Gasteiger charge is -2.22. The van der Waals surface area contributed by atoms with Crippen molar-refractivity contribution < 1.29 is 13.6 Å². The molecule has 1 N–H and O–H groups in total. The van der Waals surface area contributed by atoms with Crippen LogP contribution in [0, 0.1) is 11.6 Å². The van der Waals surface area contributed by atoms with Crippen LogP contribution in [0.3, 0.4) is 0 Å². The number of aromatic nitrogens is 1. The van der Waals surface area contributed by atoms with Crippen LogP contribution in [0.4, 0.5) is 8.78 Å². The summed E-state index contributed by atoms with van der Waals surface area (Å²) in [5, 5.41) is 2.95. The maximum Gasteiger partial charge on any atom is 0.254 e. The Kier molecular flexibility index (Phi) is 4.57. The standard InChI is InChI=1S/C17H15ClF2N2O/c18-16-11(5-3-9-21-16)17(23)22-14-8-1-4-10(14)15-12(19)6-2-7-13(15)20/h2-3,5-7,9-10,14H,1,4,8H2,(H,22,23)/t10-,14-/m0/s1. The molecule has 1 aliphatic rings. The van der Waals surface area contributed by atoms with Crippen LogP contribution in [-0.2, 0) is 0 Å². The number of halogens is 3. The topological polar surface area (TPSA) is 42.0 Å². The minimum Gasteiger partial charge on any atom is -0.349 e. The van der Waals surface area contributed by atoms with Gasteiger partial charge in [0.05, 0.1) is 5.56 Å². The van der Waals surface area contributed by atoms with Gasteiger partial charge in [-0.3, -0.25) is 4.79 Å². The normalized spacial score (nSPS) is 20.5. The van der Waals surface area contributed by atoms with Crippen molar-refractivity contribution in [3.63, 3.8) is 0 Å². The van der Waals surface area contributed by atoms with Crippen molar-refractivity contribution in [1.82, 2.24) is 10.3 Å². The van der Waals surface area contributed by atoms with E-state index in [1.807, 2.05) is 0 Å². The first-order chi connectivity index (χ1) is 11.1. The highest BCUT2D eigenvalue weighted by Gasteiger charge is 2.34. The second-order valence-electron chi connectivity index (χ2n) is 5.59. The summed E-state index contributed by atoms with van der Waals surface area (Å²) in [6.07, 6.45) is 3.59. The summed E-state index contributed by atoms with van der Waals surface area (Å²) in [6, 6.07) is 6.68. The summed E-state index contributed by atoms with van der Waals surface area (Å²) in [7, 11) is 0. The van der Waals surface area contributed by atoms with Crippen molar-refractivity contribution >= 4 is 17.5 Å². The Morgan fingerprint density at radius 3 is 2.61 bits per heavy atom. The van der Waals surface area contributed by atoms with Crippen molar-refractivity contribution in [3.05, 3.63) is 64.4 Å². The zero-order valence-electron chi connectivity index (χ0n) is 12.2. The van der Waals surface area contributed by atoms with Crippen LogP contribution in [0.5, 0.6) is 0 Å². The average molecular weight is 337 g/mol. The number of hydrogen-bond acceptors (Lipinski definition) is 2. The van der Waals surface area contributed by atoms with Gasteiger partial charge in [0.2, 0.25) is 0 Å². The van der Waals surface area contributed by atoms with E-state index in [2.05, 4.69) is 10.3 Å². The summed E-state index contributed by atoms with van der Waals surface area (Å²) in [5.74, 6) is -1.90. The van der Waals surface area contributed by atoms with Gasteiger partial charge in [0.1, 0.15) is 16.8 Å². The van der Waals surface area contributed by atoms with Crippen molar-refractivity contribution in [2.75, 3.05) is 0 Å². The van der Waals surface area contributed by atoms with E-state index in [-0.39, 0.29) is 34.1 Å². The van der Waals surface area contributed by atoms with E-state index in [4.69, 9.17) is 11.6 Å². The average Bonchev–Trinajstić information content (AvgIpc) is 2.95. The molecular weight excluding hydrogens is 322 g/mol. The van der Waals surface area contributed by atoms with Gasteiger partial charge in [-0.15, -0.1) is 0 Å². The summed E-state index contributed by atoms with van der Waals surface area (Å²) < 4.78 is 28.0. The summed E-state index contributed by atoms with van der Waals surface area (Å²) >= 11 is 5.92. The van der Waals surface area contributed by atoms with E-state index in [1.165, 1.54) is 24.4 Å². The summed E-state index contributed by atoms with van der Waals surface area (Å²) in [5.41, 5.74) is 0.307. The first-order valence-corrected chi connectivity index (χ1v) is 7.81. The number of benzene rings is 1. The van der Waals surface area contributed by atoms with E-state index < -0.39 is 11.6 Å². The van der Waals surface area contributed by atoms with Gasteiger partial charge in [0.15, 0.2) is 0 Å². The maximum absolute atomic E-state index is 14.0. The Hall–Kier alpha value is -2.01. The maximum atomic E-state index is 14.0. The Morgan fingerprint density at radius 1 is 1.17 bits per heavy atom. The molecule has 0 radical (unpaired) electrons. The number of nitrogens with zero attached hydrogens (tertiary/aromatic N) is 1. The van der Waals surface area contributed by atoms with Gasteiger partial charge in [-0.1, -0.05) is 24.1 Å². The lowest BCUT2D eigenvalue weighted by molar-refractivity contribution is 0.0933. The highest BCUT2D eigenvalue weighted by Crippen LogP contribution is 2.37. The number of carbonyl (C=O) groups excluding carboxylic acids is 1. The van der Waals surface area contributed by atoms with Crippen LogP contribution >= 0.6 is 11.6 Å². The molecule has 0 aliphatic heterocycles. The van der Waals surface area contributed by atoms with Gasteiger partial charge in [-0.2, -0.15) is 0 Å². The Labute approximate surface area is 137 Å². The van der Waals surface area contributed by atoms with Crippen molar-refractivity contribution in [1.29, 1.82) is 0 Å². The number of rotatable bonds is 3. The molecule has 23 heavy (non-hydrogen) atoms. The molecule has 0 saturated heterocycles. The molecular formula is C17H15ClF2N2O. The Morgan fingerprint density at radius 2 is 1.91 bits per heavy atom. The van der Waals surface area contributed by atoms with Crippen LogP contribution in [0.2, 0.25) is 5.15 Å². The molecule has 1 aliphatic carbocycles. The highest BCUT2D eigenvalue weighted by molar-refractivity contribution is 6.32. The fourth-order valence-electron chi connectivity index (χ4n) is 3.14. The molecule has 1 fully saturated rings. The molecule has 3 nitrogen and oxygen atoms in total. The smallest absolute Gasteiger partial charge is 0.254 e. The molecule has 0 spiro atoms. The molecule has 120 valence electrons. The van der Waals surface area contributed by atoms with Gasteiger partial charge in [0, 0.05) is 23.7 Å². The van der Waals surface area contributed by atoms with Gasteiger partial charge in [-0.25, -0.2) is 13.8 Å². The van der Waals surface area contributed by atoms with E-state index in [0.29, 0.717) is 12.8 Å². The van der Waals surface area contributed by atoms with Crippen LogP contribution < -0.4 is 5.32 Å². The second kappa shape index (κ2) is 6.62. The number of nitrogens with one attached hydrogen (secondary N) is 1. The third-order valence-electron chi connectivity index (χ3n) is 4.21. The van der Waals surface area contributed by atoms with Gasteiger partial charge in [-0.05, 0) is 37.1 Å². The third-order valence-corrected chi connectivity index (χ3v) is 4.51. The van der Waals surface area contributed by atoms with E-state index >= 15 is 0 Å². The molecule has 1 amide bonds. The summed E-state index contributed by atoms with van der Waals surface area (Å²) in [6.45, 7) is 0. The van der Waals surface area contributed by atoms with Gasteiger partial charge >= 0.3 is 0 Å². The molecule has 2 aromatic rings. The van der Waals surface area contributed by atoms with Crippen molar-refractivity contribution in [2.45, 2.75) is 31.2 Å². The predicted octanol–water partition coefficient (Wildman–Crippen LogP) is 4.08. The molecule has 6 heteroatoms. The Balaban J connectivity index is 1.83. The van der Waals surface area contributed by atoms with Crippen LogP contribution in [0.1, 0.15) is 41.1 Å². The van der Waals surface area contributed by atoms with Crippen LogP contribution in [0.25, 0.3) is 0 Å². The van der Waals surface area contributed by atoms with E-state index in [1.54, 1.807) is 12.1 Å². The van der Waals surface area contributed by atoms with Crippen molar-refractivity contribution in [2.24, 2.45) is 0 Å². The number of hydrogen-bond donors (Lipinski definition) is 1. The fraction of sp³-hybridized carbons (Fsp3) is 0.294.